The van der Waals surface area contributed by atoms with Crippen molar-refractivity contribution in [3.63, 3.8) is 0 Å². The molecule has 2 rings (SSSR count). The number of carbonyl (C=O) groups excluding carboxylic acids is 2. The number of aryl methyl sites for hydroxylation is 1. The van der Waals surface area contributed by atoms with Gasteiger partial charge in [-0.05, 0) is 30.9 Å². The molecule has 6 heteroatoms. The van der Waals surface area contributed by atoms with Crippen LogP contribution in [0.2, 0.25) is 0 Å². The Labute approximate surface area is 150 Å². The monoisotopic (exact) mass is 346 g/mol. The van der Waals surface area contributed by atoms with Crippen LogP contribution >= 0.6 is 0 Å². The van der Waals surface area contributed by atoms with Crippen molar-refractivity contribution in [2.75, 3.05) is 44.6 Å². The lowest BCUT2D eigenvalue weighted by Gasteiger charge is -2.34. The highest BCUT2D eigenvalue weighted by atomic mass is 16.2. The van der Waals surface area contributed by atoms with Crippen LogP contribution in [0.5, 0.6) is 0 Å². The first-order chi connectivity index (χ1) is 11.9. The third kappa shape index (κ3) is 5.19. The maximum atomic E-state index is 12.5. The lowest BCUT2D eigenvalue weighted by molar-refractivity contribution is -0.117. The van der Waals surface area contributed by atoms with Crippen LogP contribution in [0, 0.1) is 6.92 Å². The second-order valence-electron chi connectivity index (χ2n) is 6.84. The Hall–Kier alpha value is -2.08. The first-order valence-electron chi connectivity index (χ1n) is 9.06. The first-order valence-corrected chi connectivity index (χ1v) is 9.06. The van der Waals surface area contributed by atoms with Crippen LogP contribution in [0.25, 0.3) is 0 Å². The zero-order valence-electron chi connectivity index (χ0n) is 15.8. The van der Waals surface area contributed by atoms with E-state index >= 15 is 0 Å². The van der Waals surface area contributed by atoms with Gasteiger partial charge in [0.2, 0.25) is 5.91 Å². The number of urea groups is 1. The van der Waals surface area contributed by atoms with E-state index in [4.69, 9.17) is 0 Å². The summed E-state index contributed by atoms with van der Waals surface area (Å²) in [4.78, 5) is 28.2. The number of hydrogen-bond donors (Lipinski definition) is 2. The van der Waals surface area contributed by atoms with Crippen molar-refractivity contribution in [2.24, 2.45) is 0 Å². The number of rotatable bonds is 5. The molecule has 1 fully saturated rings. The van der Waals surface area contributed by atoms with E-state index in [0.717, 1.165) is 29.9 Å². The average Bonchev–Trinajstić information content (AvgIpc) is 2.57. The average molecular weight is 346 g/mol. The van der Waals surface area contributed by atoms with Gasteiger partial charge in [0, 0.05) is 38.4 Å². The lowest BCUT2D eigenvalue weighted by Crippen LogP contribution is -2.53. The fraction of sp³-hybridized carbons (Fsp3) is 0.579. The van der Waals surface area contributed by atoms with Crippen LogP contribution in [-0.2, 0) is 4.79 Å². The molecule has 3 amide bonds. The largest absolute Gasteiger partial charge is 0.338 e. The zero-order valence-corrected chi connectivity index (χ0v) is 15.8. The summed E-state index contributed by atoms with van der Waals surface area (Å²) in [6.45, 7) is 11.9. The molecule has 1 aliphatic heterocycles. The number of amides is 3. The zero-order chi connectivity index (χ0) is 18.4. The fourth-order valence-corrected chi connectivity index (χ4v) is 3.10. The topological polar surface area (TPSA) is 64.7 Å². The van der Waals surface area contributed by atoms with Crippen molar-refractivity contribution in [1.29, 1.82) is 0 Å². The highest BCUT2D eigenvalue weighted by molar-refractivity contribution is 5.94. The van der Waals surface area contributed by atoms with Crippen molar-refractivity contribution in [1.82, 2.24) is 15.1 Å². The smallest absolute Gasteiger partial charge is 0.317 e. The molecule has 0 radical (unpaired) electrons. The van der Waals surface area contributed by atoms with Gasteiger partial charge in [0.25, 0.3) is 0 Å². The molecule has 2 N–H and O–H groups in total. The molecule has 0 saturated carbocycles. The molecule has 1 aromatic carbocycles. The van der Waals surface area contributed by atoms with Gasteiger partial charge in [0.1, 0.15) is 0 Å². The van der Waals surface area contributed by atoms with E-state index in [-0.39, 0.29) is 11.9 Å². The number of para-hydroxylation sites is 1. The first kappa shape index (κ1) is 19.2. The number of anilines is 1. The van der Waals surface area contributed by atoms with Crippen LogP contribution in [0.4, 0.5) is 10.5 Å². The molecular weight excluding hydrogens is 316 g/mol. The van der Waals surface area contributed by atoms with Gasteiger partial charge in [0.05, 0.1) is 6.54 Å². The molecule has 0 aliphatic carbocycles. The number of piperazine rings is 1. The molecule has 1 aromatic rings. The summed E-state index contributed by atoms with van der Waals surface area (Å²) in [6.07, 6.45) is 0. The van der Waals surface area contributed by atoms with E-state index < -0.39 is 0 Å². The lowest BCUT2D eigenvalue weighted by atomic mass is 9.98. The van der Waals surface area contributed by atoms with Gasteiger partial charge >= 0.3 is 6.03 Å². The van der Waals surface area contributed by atoms with Crippen molar-refractivity contribution in [2.45, 2.75) is 33.6 Å². The second-order valence-corrected chi connectivity index (χ2v) is 6.84. The van der Waals surface area contributed by atoms with Crippen LogP contribution in [0.3, 0.4) is 0 Å². The Kier molecular flexibility index (Phi) is 6.82. The molecule has 0 unspecified atom stereocenters. The third-order valence-corrected chi connectivity index (χ3v) is 4.55. The molecule has 1 heterocycles. The van der Waals surface area contributed by atoms with Crippen LogP contribution < -0.4 is 10.6 Å². The van der Waals surface area contributed by atoms with Crippen molar-refractivity contribution < 1.29 is 9.59 Å². The Morgan fingerprint density at radius 3 is 2.44 bits per heavy atom. The molecule has 1 saturated heterocycles. The summed E-state index contributed by atoms with van der Waals surface area (Å²) in [5.41, 5.74) is 3.18. The maximum Gasteiger partial charge on any atom is 0.317 e. The molecule has 0 aromatic heterocycles. The van der Waals surface area contributed by atoms with Crippen molar-refractivity contribution in [3.8, 4) is 0 Å². The van der Waals surface area contributed by atoms with Crippen LogP contribution in [0.15, 0.2) is 18.2 Å². The minimum Gasteiger partial charge on any atom is -0.338 e. The SMILES string of the molecule is CCNC(=O)N1CCN(CC(=O)Nc2c(C)cccc2C(C)C)CC1. The van der Waals surface area contributed by atoms with E-state index in [0.29, 0.717) is 32.1 Å². The fourth-order valence-electron chi connectivity index (χ4n) is 3.10. The standard InChI is InChI=1S/C19H30N4O2/c1-5-20-19(25)23-11-9-22(10-12-23)13-17(24)21-18-15(4)7-6-8-16(18)14(2)3/h6-8,14H,5,9-13H2,1-4H3,(H,20,25)(H,21,24). The highest BCUT2D eigenvalue weighted by Gasteiger charge is 2.22. The quantitative estimate of drug-likeness (QED) is 0.860. The number of hydrogen-bond acceptors (Lipinski definition) is 3. The molecule has 1 aliphatic rings. The van der Waals surface area contributed by atoms with Gasteiger partial charge < -0.3 is 15.5 Å². The van der Waals surface area contributed by atoms with E-state index in [1.165, 1.54) is 0 Å². The predicted octanol–water partition coefficient (Wildman–Crippen LogP) is 2.40. The molecule has 0 atom stereocenters. The van der Waals surface area contributed by atoms with Crippen LogP contribution in [-0.4, -0.2) is 61.0 Å². The van der Waals surface area contributed by atoms with Gasteiger partial charge in [-0.2, -0.15) is 0 Å². The normalized spacial score (nSPS) is 15.3. The summed E-state index contributed by atoms with van der Waals surface area (Å²) >= 11 is 0. The number of benzene rings is 1. The van der Waals surface area contributed by atoms with Crippen molar-refractivity contribution >= 4 is 17.6 Å². The molecule has 0 bridgehead atoms. The van der Waals surface area contributed by atoms with Gasteiger partial charge in [-0.25, -0.2) is 4.79 Å². The molecule has 0 spiro atoms. The van der Waals surface area contributed by atoms with Gasteiger partial charge in [0.15, 0.2) is 0 Å². The predicted molar refractivity (Wildman–Crippen MR) is 101 cm³/mol. The Bertz CT molecular complexity index is 607. The minimum atomic E-state index is -0.0203. The molecule has 6 nitrogen and oxygen atoms in total. The number of nitrogens with zero attached hydrogens (tertiary/aromatic N) is 2. The number of nitrogens with one attached hydrogen (secondary N) is 2. The molecule has 25 heavy (non-hydrogen) atoms. The highest BCUT2D eigenvalue weighted by Crippen LogP contribution is 2.27. The van der Waals surface area contributed by atoms with Crippen LogP contribution in [0.1, 0.15) is 37.8 Å². The Balaban J connectivity index is 1.89. The van der Waals surface area contributed by atoms with E-state index in [9.17, 15) is 9.59 Å². The van der Waals surface area contributed by atoms with E-state index in [1.54, 1.807) is 4.90 Å². The summed E-state index contributed by atoms with van der Waals surface area (Å²) < 4.78 is 0. The Morgan fingerprint density at radius 2 is 1.84 bits per heavy atom. The minimum absolute atomic E-state index is 0.00246. The summed E-state index contributed by atoms with van der Waals surface area (Å²) in [5.74, 6) is 0.360. The van der Waals surface area contributed by atoms with Gasteiger partial charge in [-0.1, -0.05) is 32.0 Å². The maximum absolute atomic E-state index is 12.5. The van der Waals surface area contributed by atoms with Crippen molar-refractivity contribution in [3.05, 3.63) is 29.3 Å². The van der Waals surface area contributed by atoms with Gasteiger partial charge in [-0.3, -0.25) is 9.69 Å². The second kappa shape index (κ2) is 8.85. The summed E-state index contributed by atoms with van der Waals surface area (Å²) in [6, 6.07) is 6.10. The Morgan fingerprint density at radius 1 is 1.16 bits per heavy atom. The number of carbonyl (C=O) groups is 2. The van der Waals surface area contributed by atoms with Gasteiger partial charge in [-0.15, -0.1) is 0 Å². The summed E-state index contributed by atoms with van der Waals surface area (Å²) in [7, 11) is 0. The molecular formula is C19H30N4O2. The molecule has 138 valence electrons. The third-order valence-electron chi connectivity index (χ3n) is 4.55. The van der Waals surface area contributed by atoms with E-state index in [1.807, 2.05) is 26.0 Å². The summed E-state index contributed by atoms with van der Waals surface area (Å²) in [5, 5.41) is 5.90. The van der Waals surface area contributed by atoms with E-state index in [2.05, 4.69) is 35.4 Å².